The van der Waals surface area contributed by atoms with E-state index in [0.29, 0.717) is 6.04 Å². The quantitative estimate of drug-likeness (QED) is 0.824. The average Bonchev–Trinajstić information content (AvgIpc) is 3.26. The predicted octanol–water partition coefficient (Wildman–Crippen LogP) is 2.96. The van der Waals surface area contributed by atoms with Crippen LogP contribution in [-0.2, 0) is 4.74 Å². The lowest BCUT2D eigenvalue weighted by Crippen LogP contribution is -2.40. The van der Waals surface area contributed by atoms with Crippen LogP contribution >= 0.6 is 0 Å². The van der Waals surface area contributed by atoms with Crippen LogP contribution in [0.4, 0.5) is 10.6 Å². The van der Waals surface area contributed by atoms with Crippen LogP contribution in [0.5, 0.6) is 0 Å². The standard InChI is InChI=1S/C21H32N6O2/c1-14-11-18-24-17(16-7-5-6-9-22-16)13-27(18)25-19(14)26-10-8-15(12-26)23-20(28)29-21(2,3)4/h11,13,15-16,22H,5-10,12H2,1-4H3,(H,23,28)/t15?,16-/m0/s1. The van der Waals surface area contributed by atoms with E-state index in [2.05, 4.69) is 28.5 Å². The molecule has 0 aromatic carbocycles. The summed E-state index contributed by atoms with van der Waals surface area (Å²) in [6.07, 6.45) is 6.17. The van der Waals surface area contributed by atoms with Crippen molar-refractivity contribution in [3.63, 3.8) is 0 Å². The summed E-state index contributed by atoms with van der Waals surface area (Å²) in [4.78, 5) is 19.1. The number of hydrogen-bond acceptors (Lipinski definition) is 6. The molecule has 2 fully saturated rings. The highest BCUT2D eigenvalue weighted by molar-refractivity contribution is 5.68. The fourth-order valence-corrected chi connectivity index (χ4v) is 4.15. The number of hydrogen-bond donors (Lipinski definition) is 2. The lowest BCUT2D eigenvalue weighted by molar-refractivity contribution is 0.0509. The van der Waals surface area contributed by atoms with Gasteiger partial charge in [-0.2, -0.15) is 0 Å². The molecule has 0 spiro atoms. The molecule has 0 aliphatic carbocycles. The van der Waals surface area contributed by atoms with Gasteiger partial charge in [0.25, 0.3) is 0 Å². The van der Waals surface area contributed by atoms with Crippen LogP contribution in [0, 0.1) is 6.92 Å². The molecular weight excluding hydrogens is 368 g/mol. The van der Waals surface area contributed by atoms with Gasteiger partial charge < -0.3 is 20.3 Å². The van der Waals surface area contributed by atoms with Gasteiger partial charge >= 0.3 is 6.09 Å². The Hall–Kier alpha value is -2.35. The van der Waals surface area contributed by atoms with Gasteiger partial charge in [-0.15, -0.1) is 5.10 Å². The van der Waals surface area contributed by atoms with Crippen LogP contribution in [-0.4, -0.2) is 52.0 Å². The monoisotopic (exact) mass is 400 g/mol. The molecule has 0 radical (unpaired) electrons. The molecule has 2 aliphatic rings. The molecule has 0 bridgehead atoms. The number of anilines is 1. The molecule has 158 valence electrons. The van der Waals surface area contributed by atoms with Crippen molar-refractivity contribution in [1.82, 2.24) is 25.2 Å². The first kappa shape index (κ1) is 19.9. The Morgan fingerprint density at radius 1 is 1.31 bits per heavy atom. The molecule has 4 heterocycles. The summed E-state index contributed by atoms with van der Waals surface area (Å²) >= 11 is 0. The van der Waals surface area contributed by atoms with Gasteiger partial charge in [-0.05, 0) is 65.1 Å². The van der Waals surface area contributed by atoms with E-state index >= 15 is 0 Å². The highest BCUT2D eigenvalue weighted by Crippen LogP contribution is 2.26. The van der Waals surface area contributed by atoms with Gasteiger partial charge in [0.1, 0.15) is 5.60 Å². The Bertz CT molecular complexity index is 881. The normalized spacial score (nSPS) is 22.8. The average molecular weight is 401 g/mol. The summed E-state index contributed by atoms with van der Waals surface area (Å²) in [6, 6.07) is 2.48. The maximum atomic E-state index is 12.1. The Labute approximate surface area is 172 Å². The molecule has 0 saturated carbocycles. The Morgan fingerprint density at radius 2 is 2.14 bits per heavy atom. The molecule has 8 heteroatoms. The van der Waals surface area contributed by atoms with E-state index in [1.54, 1.807) is 0 Å². The summed E-state index contributed by atoms with van der Waals surface area (Å²) in [7, 11) is 0. The number of fused-ring (bicyclic) bond motifs is 1. The number of aryl methyl sites for hydroxylation is 1. The molecule has 2 saturated heterocycles. The zero-order valence-electron chi connectivity index (χ0n) is 17.9. The van der Waals surface area contributed by atoms with E-state index in [9.17, 15) is 4.79 Å². The molecule has 1 amide bonds. The molecule has 2 atom stereocenters. The van der Waals surface area contributed by atoms with Crippen molar-refractivity contribution in [2.75, 3.05) is 24.5 Å². The largest absolute Gasteiger partial charge is 0.444 e. The molecule has 2 N–H and O–H groups in total. The van der Waals surface area contributed by atoms with Crippen LogP contribution < -0.4 is 15.5 Å². The van der Waals surface area contributed by atoms with Gasteiger partial charge in [0.05, 0.1) is 24.0 Å². The van der Waals surface area contributed by atoms with Crippen LogP contribution in [0.1, 0.15) is 63.8 Å². The summed E-state index contributed by atoms with van der Waals surface area (Å²) in [5.41, 5.74) is 2.57. The fourth-order valence-electron chi connectivity index (χ4n) is 4.15. The number of aromatic nitrogens is 3. The molecule has 1 unspecified atom stereocenters. The highest BCUT2D eigenvalue weighted by Gasteiger charge is 2.28. The zero-order valence-corrected chi connectivity index (χ0v) is 17.9. The van der Waals surface area contributed by atoms with Crippen LogP contribution in [0.2, 0.25) is 0 Å². The number of amides is 1. The van der Waals surface area contributed by atoms with Gasteiger partial charge in [0, 0.05) is 13.1 Å². The minimum absolute atomic E-state index is 0.0616. The maximum Gasteiger partial charge on any atom is 0.407 e. The number of rotatable bonds is 3. The highest BCUT2D eigenvalue weighted by atomic mass is 16.6. The van der Waals surface area contributed by atoms with Gasteiger partial charge in [0.15, 0.2) is 11.5 Å². The van der Waals surface area contributed by atoms with Crippen molar-refractivity contribution in [1.29, 1.82) is 0 Å². The number of piperidine rings is 1. The third kappa shape index (κ3) is 4.63. The fraction of sp³-hybridized carbons (Fsp3) is 0.667. The first-order valence-electron chi connectivity index (χ1n) is 10.6. The minimum atomic E-state index is -0.488. The number of nitrogens with zero attached hydrogens (tertiary/aromatic N) is 4. The van der Waals surface area contributed by atoms with E-state index < -0.39 is 5.60 Å². The Kier molecular flexibility index (Phi) is 5.38. The van der Waals surface area contributed by atoms with Crippen molar-refractivity contribution in [2.45, 2.75) is 71.1 Å². The molecule has 2 aromatic heterocycles. The maximum absolute atomic E-state index is 12.1. The van der Waals surface area contributed by atoms with E-state index in [4.69, 9.17) is 14.8 Å². The molecule has 4 rings (SSSR count). The minimum Gasteiger partial charge on any atom is -0.444 e. The van der Waals surface area contributed by atoms with E-state index in [0.717, 1.165) is 55.2 Å². The molecule has 2 aromatic rings. The van der Waals surface area contributed by atoms with Gasteiger partial charge in [-0.3, -0.25) is 0 Å². The van der Waals surface area contributed by atoms with Crippen LogP contribution in [0.25, 0.3) is 5.65 Å². The van der Waals surface area contributed by atoms with E-state index in [-0.39, 0.29) is 12.1 Å². The Morgan fingerprint density at radius 3 is 2.86 bits per heavy atom. The van der Waals surface area contributed by atoms with E-state index in [1.165, 1.54) is 12.8 Å². The van der Waals surface area contributed by atoms with Crippen LogP contribution in [0.15, 0.2) is 12.3 Å². The van der Waals surface area contributed by atoms with Gasteiger partial charge in [0.2, 0.25) is 0 Å². The van der Waals surface area contributed by atoms with Crippen LogP contribution in [0.3, 0.4) is 0 Å². The topological polar surface area (TPSA) is 83.8 Å². The lowest BCUT2D eigenvalue weighted by Gasteiger charge is -2.22. The van der Waals surface area contributed by atoms with Gasteiger partial charge in [-0.25, -0.2) is 14.3 Å². The molecule has 2 aliphatic heterocycles. The summed E-state index contributed by atoms with van der Waals surface area (Å²) in [6.45, 7) is 10.3. The second kappa shape index (κ2) is 7.82. The molecule has 29 heavy (non-hydrogen) atoms. The number of carbonyl (C=O) groups is 1. The van der Waals surface area contributed by atoms with Crippen molar-refractivity contribution in [2.24, 2.45) is 0 Å². The third-order valence-corrected chi connectivity index (χ3v) is 5.51. The zero-order chi connectivity index (χ0) is 20.6. The number of alkyl carbamates (subject to hydrolysis) is 1. The molecule has 8 nitrogen and oxygen atoms in total. The number of carbonyl (C=O) groups excluding carboxylic acids is 1. The SMILES string of the molecule is Cc1cc2nc([C@@H]3CCCCN3)cn2nc1N1CCC(NC(=O)OC(C)(C)C)C1. The van der Waals surface area contributed by atoms with E-state index in [1.807, 2.05) is 31.5 Å². The number of ether oxygens (including phenoxy) is 1. The lowest BCUT2D eigenvalue weighted by atomic mass is 10.0. The number of nitrogens with one attached hydrogen (secondary N) is 2. The number of imidazole rings is 1. The first-order chi connectivity index (χ1) is 13.8. The predicted molar refractivity (Wildman–Crippen MR) is 112 cm³/mol. The van der Waals surface area contributed by atoms with Crippen molar-refractivity contribution >= 4 is 17.6 Å². The first-order valence-corrected chi connectivity index (χ1v) is 10.6. The van der Waals surface area contributed by atoms with Gasteiger partial charge in [-0.1, -0.05) is 6.42 Å². The smallest absolute Gasteiger partial charge is 0.407 e. The summed E-state index contributed by atoms with van der Waals surface area (Å²) in [5.74, 6) is 0.951. The van der Waals surface area contributed by atoms with Crippen molar-refractivity contribution < 1.29 is 9.53 Å². The second-order valence-electron chi connectivity index (χ2n) is 9.20. The summed E-state index contributed by atoms with van der Waals surface area (Å²) < 4.78 is 7.27. The Balaban J connectivity index is 1.46. The molecular formula is C21H32N6O2. The second-order valence-corrected chi connectivity index (χ2v) is 9.20. The third-order valence-electron chi connectivity index (χ3n) is 5.51. The summed E-state index contributed by atoms with van der Waals surface area (Å²) in [5, 5.41) is 11.4. The van der Waals surface area contributed by atoms with Crippen molar-refractivity contribution in [3.8, 4) is 0 Å². The van der Waals surface area contributed by atoms with Crippen molar-refractivity contribution in [3.05, 3.63) is 23.5 Å².